The summed E-state index contributed by atoms with van der Waals surface area (Å²) in [4.78, 5) is 18.8. The highest BCUT2D eigenvalue weighted by Gasteiger charge is 2.36. The van der Waals surface area contributed by atoms with Crippen LogP contribution in [0.15, 0.2) is 48.0 Å². The first-order valence-corrected chi connectivity index (χ1v) is 19.1. The lowest BCUT2D eigenvalue weighted by Crippen LogP contribution is -2.17. The number of nitriles is 1. The van der Waals surface area contributed by atoms with E-state index in [1.807, 2.05) is 0 Å². The molecule has 3 aromatic heterocycles. The van der Waals surface area contributed by atoms with Crippen molar-refractivity contribution < 1.29 is 38.3 Å². The number of hydrogen-bond donors (Lipinski definition) is 1. The van der Waals surface area contributed by atoms with E-state index in [0.717, 1.165) is 50.2 Å². The molecule has 0 saturated carbocycles. The number of carboxylic acid groups (broad SMARTS) is 1. The fraction of sp³-hybridized carbons (Fsp3) is 0.263. The Bertz CT molecular complexity index is 2290. The predicted octanol–water partition coefficient (Wildman–Crippen LogP) is 8.43. The van der Waals surface area contributed by atoms with Gasteiger partial charge >= 0.3 is 5.97 Å². The SMILES string of the molecule is CCN1c2ccccc2CCc2cc(-c3sc(-c4sc(-c5sc(/C=C(\C#N)C(=O)O)c6c5OCCO6)c5c4OCCO5)c4c3OCCO4)ccc21. The second kappa shape index (κ2) is 12.9. The summed E-state index contributed by atoms with van der Waals surface area (Å²) < 4.78 is 37.3. The van der Waals surface area contributed by atoms with Gasteiger partial charge in [-0.1, -0.05) is 24.3 Å². The average Bonchev–Trinajstić information content (AvgIpc) is 3.82. The number of fused-ring (bicyclic) bond motifs is 5. The quantitative estimate of drug-likeness (QED) is 0.134. The molecular weight excluding hydrogens is 709 g/mol. The zero-order chi connectivity index (χ0) is 34.6. The average molecular weight is 739 g/mol. The smallest absolute Gasteiger partial charge is 0.346 e. The Morgan fingerprint density at radius 3 is 1.84 bits per heavy atom. The van der Waals surface area contributed by atoms with Gasteiger partial charge in [0.25, 0.3) is 0 Å². The molecule has 0 saturated heterocycles. The zero-order valence-electron chi connectivity index (χ0n) is 27.4. The first-order chi connectivity index (χ1) is 25.0. The summed E-state index contributed by atoms with van der Waals surface area (Å²) in [5.41, 5.74) is 5.80. The standard InChI is InChI=1S/C38H30N2O8S3/c1-2-40-24-6-4-3-5-20(24)7-8-21-17-22(9-10-25(21)40)33-29-30(46-14-13-45-29)36(50-33)37-32-31(47-15-16-48-32)35(51-37)34-28-27(43-11-12-44-28)26(49-34)18-23(19-39)38(41)42/h3-6,9-10,17-18H,2,7-8,11-16H2,1H3,(H,41,42)/b23-18+. The van der Waals surface area contributed by atoms with E-state index >= 15 is 0 Å². The van der Waals surface area contributed by atoms with E-state index in [1.165, 1.54) is 51.3 Å². The van der Waals surface area contributed by atoms with Gasteiger partial charge in [-0.05, 0) is 60.7 Å². The van der Waals surface area contributed by atoms with Gasteiger partial charge in [-0.2, -0.15) is 5.26 Å². The Balaban J connectivity index is 1.17. The summed E-state index contributed by atoms with van der Waals surface area (Å²) in [6.07, 6.45) is 3.22. The van der Waals surface area contributed by atoms with Crippen molar-refractivity contribution in [2.75, 3.05) is 51.1 Å². The first-order valence-electron chi connectivity index (χ1n) is 16.7. The van der Waals surface area contributed by atoms with Crippen LogP contribution < -0.4 is 33.3 Å². The van der Waals surface area contributed by atoms with Crippen molar-refractivity contribution >= 4 is 57.4 Å². The number of anilines is 2. The van der Waals surface area contributed by atoms with E-state index < -0.39 is 11.5 Å². The molecule has 10 nitrogen and oxygen atoms in total. The number of ether oxygens (including phenoxy) is 6. The maximum absolute atomic E-state index is 11.7. The minimum absolute atomic E-state index is 0.305. The monoisotopic (exact) mass is 738 g/mol. The van der Waals surface area contributed by atoms with Gasteiger partial charge in [0.1, 0.15) is 51.3 Å². The van der Waals surface area contributed by atoms with Gasteiger partial charge in [0.05, 0.1) is 29.3 Å². The predicted molar refractivity (Wildman–Crippen MR) is 197 cm³/mol. The van der Waals surface area contributed by atoms with E-state index in [0.29, 0.717) is 78.1 Å². The minimum Gasteiger partial charge on any atom is -0.485 e. The fourth-order valence-electron chi connectivity index (χ4n) is 6.95. The molecule has 0 atom stereocenters. The van der Waals surface area contributed by atoms with Gasteiger partial charge in [-0.25, -0.2) is 4.79 Å². The van der Waals surface area contributed by atoms with Gasteiger partial charge < -0.3 is 38.4 Å². The van der Waals surface area contributed by atoms with Crippen LogP contribution >= 0.6 is 34.0 Å². The van der Waals surface area contributed by atoms with Gasteiger partial charge in [0, 0.05) is 17.9 Å². The third-order valence-corrected chi connectivity index (χ3v) is 12.9. The maximum atomic E-state index is 11.7. The van der Waals surface area contributed by atoms with Crippen LogP contribution in [0.3, 0.4) is 0 Å². The van der Waals surface area contributed by atoms with Crippen LogP contribution in [0, 0.1) is 11.3 Å². The molecular formula is C38H30N2O8S3. The molecule has 1 N–H and O–H groups in total. The summed E-state index contributed by atoms with van der Waals surface area (Å²) >= 11 is 4.39. The van der Waals surface area contributed by atoms with Crippen LogP contribution in [0.25, 0.3) is 36.0 Å². The van der Waals surface area contributed by atoms with E-state index in [4.69, 9.17) is 28.4 Å². The number of rotatable bonds is 6. The molecule has 2 aromatic carbocycles. The number of benzene rings is 2. The fourth-order valence-corrected chi connectivity index (χ4v) is 10.7. The molecule has 0 aliphatic carbocycles. The Morgan fingerprint density at radius 2 is 1.24 bits per heavy atom. The summed E-state index contributed by atoms with van der Waals surface area (Å²) in [5, 5.41) is 19.0. The molecule has 258 valence electrons. The van der Waals surface area contributed by atoms with Crippen molar-refractivity contribution in [2.24, 2.45) is 0 Å². The zero-order valence-corrected chi connectivity index (χ0v) is 29.9. The summed E-state index contributed by atoms with van der Waals surface area (Å²) in [5.74, 6) is 2.19. The normalized spacial score (nSPS) is 15.8. The molecule has 4 aliphatic rings. The van der Waals surface area contributed by atoms with Crippen molar-refractivity contribution in [3.8, 4) is 70.5 Å². The van der Waals surface area contributed by atoms with Gasteiger partial charge in [0.15, 0.2) is 34.5 Å². The summed E-state index contributed by atoms with van der Waals surface area (Å²) in [7, 11) is 0. The van der Waals surface area contributed by atoms with Crippen molar-refractivity contribution in [1.29, 1.82) is 5.26 Å². The highest BCUT2D eigenvalue weighted by molar-refractivity contribution is 7.28. The lowest BCUT2D eigenvalue weighted by molar-refractivity contribution is -0.132. The number of carbonyl (C=O) groups is 1. The van der Waals surface area contributed by atoms with Crippen LogP contribution in [0.5, 0.6) is 34.5 Å². The molecule has 0 bridgehead atoms. The lowest BCUT2D eigenvalue weighted by atomic mass is 10.0. The largest absolute Gasteiger partial charge is 0.485 e. The third-order valence-electron chi connectivity index (χ3n) is 9.16. The molecule has 9 rings (SSSR count). The van der Waals surface area contributed by atoms with Crippen molar-refractivity contribution in [3.63, 3.8) is 0 Å². The van der Waals surface area contributed by atoms with E-state index in [9.17, 15) is 15.2 Å². The van der Waals surface area contributed by atoms with Crippen LogP contribution in [0.2, 0.25) is 0 Å². The molecule has 51 heavy (non-hydrogen) atoms. The molecule has 4 aliphatic heterocycles. The Morgan fingerprint density at radius 1 is 0.725 bits per heavy atom. The van der Waals surface area contributed by atoms with Gasteiger partial charge in [-0.3, -0.25) is 0 Å². The molecule has 13 heteroatoms. The van der Waals surface area contributed by atoms with Crippen LogP contribution in [0.1, 0.15) is 22.9 Å². The second-order valence-electron chi connectivity index (χ2n) is 12.1. The van der Waals surface area contributed by atoms with Crippen molar-refractivity contribution in [1.82, 2.24) is 0 Å². The van der Waals surface area contributed by atoms with E-state index in [2.05, 4.69) is 54.3 Å². The molecule has 0 fully saturated rings. The van der Waals surface area contributed by atoms with Crippen LogP contribution in [-0.4, -0.2) is 57.3 Å². The number of para-hydroxylation sites is 1. The highest BCUT2D eigenvalue weighted by Crippen LogP contribution is 2.64. The Kier molecular flexibility index (Phi) is 8.02. The maximum Gasteiger partial charge on any atom is 0.346 e. The molecule has 0 spiro atoms. The number of aliphatic carboxylic acids is 1. The number of thiophene rings is 3. The topological polar surface area (TPSA) is 120 Å². The Labute approximate surface area is 305 Å². The van der Waals surface area contributed by atoms with E-state index in [1.54, 1.807) is 17.4 Å². The van der Waals surface area contributed by atoms with Gasteiger partial charge in [-0.15, -0.1) is 34.0 Å². The Hall–Kier alpha value is -5.16. The second-order valence-corrected chi connectivity index (χ2v) is 15.2. The first kappa shape index (κ1) is 31.8. The highest BCUT2D eigenvalue weighted by atomic mass is 32.1. The van der Waals surface area contributed by atoms with Crippen LogP contribution in [0.4, 0.5) is 11.4 Å². The van der Waals surface area contributed by atoms with Crippen LogP contribution in [-0.2, 0) is 17.6 Å². The summed E-state index contributed by atoms with van der Waals surface area (Å²) in [6.45, 7) is 5.32. The van der Waals surface area contributed by atoms with Crippen molar-refractivity contribution in [3.05, 3.63) is 64.0 Å². The summed E-state index contributed by atoms with van der Waals surface area (Å²) in [6, 6.07) is 17.1. The molecule has 0 amide bonds. The number of hydrogen-bond acceptors (Lipinski definition) is 12. The molecule has 5 aromatic rings. The number of aryl methyl sites for hydroxylation is 2. The molecule has 0 radical (unpaired) electrons. The van der Waals surface area contributed by atoms with E-state index in [-0.39, 0.29) is 0 Å². The number of nitrogens with zero attached hydrogens (tertiary/aromatic N) is 2. The van der Waals surface area contributed by atoms with Crippen molar-refractivity contribution in [2.45, 2.75) is 19.8 Å². The molecule has 7 heterocycles. The lowest BCUT2D eigenvalue weighted by Gasteiger charge is -2.25. The third kappa shape index (κ3) is 5.28. The number of carboxylic acids is 1. The minimum atomic E-state index is -1.31. The molecule has 0 unspecified atom stereocenters. The van der Waals surface area contributed by atoms with Gasteiger partial charge in [0.2, 0.25) is 0 Å².